The van der Waals surface area contributed by atoms with E-state index in [-0.39, 0.29) is 5.56 Å². The van der Waals surface area contributed by atoms with E-state index in [0.717, 1.165) is 12.0 Å². The fourth-order valence-corrected chi connectivity index (χ4v) is 4.24. The summed E-state index contributed by atoms with van der Waals surface area (Å²) in [7, 11) is 0. The van der Waals surface area contributed by atoms with Crippen molar-refractivity contribution in [1.29, 1.82) is 0 Å². The molecule has 24 heavy (non-hydrogen) atoms. The molecule has 0 saturated heterocycles. The molecule has 0 amide bonds. The molecule has 0 bridgehead atoms. The van der Waals surface area contributed by atoms with Crippen LogP contribution in [0, 0.1) is 5.92 Å². The van der Waals surface area contributed by atoms with Gasteiger partial charge in [0.1, 0.15) is 5.75 Å². The number of Topliss-reactive ketones (excluding diaryl/α,β-unsaturated/α-hetero) is 1. The SMILES string of the molecule is C[C@@H]1C[C@H]1c1ccc2c(c1)OC1(O)c3cccc(N)c3C(=O)C21N. The molecule has 5 heteroatoms. The van der Waals surface area contributed by atoms with Crippen molar-refractivity contribution in [2.45, 2.75) is 30.6 Å². The quantitative estimate of drug-likeness (QED) is 0.697. The first-order valence-corrected chi connectivity index (χ1v) is 8.16. The van der Waals surface area contributed by atoms with Gasteiger partial charge in [-0.05, 0) is 36.0 Å². The van der Waals surface area contributed by atoms with Crippen LogP contribution in [0.15, 0.2) is 36.4 Å². The summed E-state index contributed by atoms with van der Waals surface area (Å²) in [6.07, 6.45) is 1.15. The predicted molar refractivity (Wildman–Crippen MR) is 88.5 cm³/mol. The third kappa shape index (κ3) is 1.37. The summed E-state index contributed by atoms with van der Waals surface area (Å²) in [5, 5.41) is 11.2. The highest BCUT2D eigenvalue weighted by atomic mass is 16.6. The molecule has 2 unspecified atom stereocenters. The second-order valence-corrected chi connectivity index (χ2v) is 7.23. The van der Waals surface area contributed by atoms with E-state index in [1.807, 2.05) is 18.2 Å². The highest BCUT2D eigenvalue weighted by Crippen LogP contribution is 2.58. The van der Waals surface area contributed by atoms with Crippen molar-refractivity contribution in [3.63, 3.8) is 0 Å². The van der Waals surface area contributed by atoms with Crippen molar-refractivity contribution >= 4 is 11.5 Å². The lowest BCUT2D eigenvalue weighted by Crippen LogP contribution is -2.55. The summed E-state index contributed by atoms with van der Waals surface area (Å²) in [6, 6.07) is 10.7. The monoisotopic (exact) mass is 322 g/mol. The topological polar surface area (TPSA) is 98.6 Å². The Hall–Kier alpha value is -2.37. The van der Waals surface area contributed by atoms with Gasteiger partial charge in [0.15, 0.2) is 11.3 Å². The van der Waals surface area contributed by atoms with Crippen LogP contribution in [0.3, 0.4) is 0 Å². The number of anilines is 1. The summed E-state index contributed by atoms with van der Waals surface area (Å²) >= 11 is 0. The smallest absolute Gasteiger partial charge is 0.265 e. The number of rotatable bonds is 1. The van der Waals surface area contributed by atoms with Crippen LogP contribution < -0.4 is 16.2 Å². The maximum atomic E-state index is 13.0. The molecule has 1 fully saturated rings. The molecule has 1 heterocycles. The second kappa shape index (κ2) is 3.99. The third-order valence-corrected chi connectivity index (χ3v) is 5.81. The molecular formula is C19H18N2O3. The number of carbonyl (C=O) groups excluding carboxylic acids is 1. The van der Waals surface area contributed by atoms with Gasteiger partial charge in [0.2, 0.25) is 0 Å². The first-order valence-electron chi connectivity index (χ1n) is 8.16. The van der Waals surface area contributed by atoms with Crippen molar-refractivity contribution in [3.05, 3.63) is 58.7 Å². The zero-order valence-electron chi connectivity index (χ0n) is 13.2. The Morgan fingerprint density at radius 2 is 2.00 bits per heavy atom. The van der Waals surface area contributed by atoms with Gasteiger partial charge in [0.25, 0.3) is 5.79 Å². The second-order valence-electron chi connectivity index (χ2n) is 7.23. The number of nitrogens with two attached hydrogens (primary N) is 2. The first kappa shape index (κ1) is 14.0. The van der Waals surface area contributed by atoms with Crippen LogP contribution in [0.5, 0.6) is 5.75 Å². The maximum absolute atomic E-state index is 13.0. The molecule has 2 aromatic carbocycles. The number of hydrogen-bond acceptors (Lipinski definition) is 5. The van der Waals surface area contributed by atoms with Gasteiger partial charge < -0.3 is 21.3 Å². The number of nitrogen functional groups attached to an aromatic ring is 1. The third-order valence-electron chi connectivity index (χ3n) is 5.81. The maximum Gasteiger partial charge on any atom is 0.265 e. The summed E-state index contributed by atoms with van der Waals surface area (Å²) < 4.78 is 5.88. The normalized spacial score (nSPS) is 35.2. The van der Waals surface area contributed by atoms with Crippen LogP contribution in [0.1, 0.15) is 46.3 Å². The number of ketones is 1. The van der Waals surface area contributed by atoms with Crippen LogP contribution in [0.2, 0.25) is 0 Å². The van der Waals surface area contributed by atoms with E-state index in [1.54, 1.807) is 18.2 Å². The van der Waals surface area contributed by atoms with Gasteiger partial charge in [-0.15, -0.1) is 0 Å². The molecule has 3 aliphatic rings. The summed E-state index contributed by atoms with van der Waals surface area (Å²) in [5.74, 6) is -0.657. The van der Waals surface area contributed by atoms with E-state index < -0.39 is 17.1 Å². The van der Waals surface area contributed by atoms with Crippen LogP contribution in [-0.2, 0) is 11.3 Å². The molecule has 5 nitrogen and oxygen atoms in total. The fourth-order valence-electron chi connectivity index (χ4n) is 4.24. The molecule has 4 atom stereocenters. The standard InChI is InChI=1S/C19H18N2O3/c1-9-7-11(9)10-5-6-12-15(8-10)24-19(23)13-3-2-4-14(20)16(13)17(22)18(12,19)21/h2-6,8-9,11,23H,7,20-21H2,1H3/t9-,11-,18?,19?/m1/s1. The Balaban J connectivity index is 1.71. The van der Waals surface area contributed by atoms with Crippen molar-refractivity contribution in [1.82, 2.24) is 0 Å². The molecular weight excluding hydrogens is 304 g/mol. The zero-order valence-corrected chi connectivity index (χ0v) is 13.2. The molecule has 0 spiro atoms. The molecule has 5 N–H and O–H groups in total. The van der Waals surface area contributed by atoms with Gasteiger partial charge in [0, 0.05) is 16.8 Å². The molecule has 2 aromatic rings. The molecule has 5 rings (SSSR count). The molecule has 0 radical (unpaired) electrons. The minimum atomic E-state index is -1.91. The minimum Gasteiger partial charge on any atom is -0.455 e. The van der Waals surface area contributed by atoms with Crippen molar-refractivity contribution in [3.8, 4) is 5.75 Å². The van der Waals surface area contributed by atoms with Gasteiger partial charge in [-0.1, -0.05) is 31.2 Å². The lowest BCUT2D eigenvalue weighted by molar-refractivity contribution is -0.162. The molecule has 122 valence electrons. The molecule has 0 aromatic heterocycles. The van der Waals surface area contributed by atoms with Crippen LogP contribution >= 0.6 is 0 Å². The van der Waals surface area contributed by atoms with Gasteiger partial charge in [0.05, 0.1) is 5.56 Å². The molecule has 1 aliphatic heterocycles. The Kier molecular flexibility index (Phi) is 2.33. The van der Waals surface area contributed by atoms with E-state index in [1.165, 1.54) is 0 Å². The Bertz CT molecular complexity index is 925. The predicted octanol–water partition coefficient (Wildman–Crippen LogP) is 1.98. The first-order chi connectivity index (χ1) is 11.4. The zero-order chi connectivity index (χ0) is 16.9. The van der Waals surface area contributed by atoms with E-state index in [2.05, 4.69) is 6.92 Å². The van der Waals surface area contributed by atoms with Gasteiger partial charge in [-0.25, -0.2) is 0 Å². The van der Waals surface area contributed by atoms with Gasteiger partial charge in [-0.3, -0.25) is 4.79 Å². The fraction of sp³-hybridized carbons (Fsp3) is 0.316. The van der Waals surface area contributed by atoms with Crippen molar-refractivity contribution in [2.75, 3.05) is 5.73 Å². The Labute approximate surface area is 139 Å². The summed E-state index contributed by atoms with van der Waals surface area (Å²) in [5.41, 5.74) is 13.3. The number of hydrogen-bond donors (Lipinski definition) is 3. The molecule has 2 aliphatic carbocycles. The van der Waals surface area contributed by atoms with E-state index in [4.69, 9.17) is 16.2 Å². The van der Waals surface area contributed by atoms with E-state index >= 15 is 0 Å². The number of benzene rings is 2. The van der Waals surface area contributed by atoms with Crippen LogP contribution in [0.25, 0.3) is 0 Å². The number of fused-ring (bicyclic) bond motifs is 5. The highest BCUT2D eigenvalue weighted by Gasteiger charge is 2.69. The van der Waals surface area contributed by atoms with E-state index in [0.29, 0.717) is 34.4 Å². The number of ether oxygens (including phenoxy) is 1. The van der Waals surface area contributed by atoms with Crippen LogP contribution in [-0.4, -0.2) is 10.9 Å². The van der Waals surface area contributed by atoms with Gasteiger partial charge >= 0.3 is 0 Å². The number of aliphatic hydroxyl groups is 1. The van der Waals surface area contributed by atoms with E-state index in [9.17, 15) is 9.90 Å². The summed E-state index contributed by atoms with van der Waals surface area (Å²) in [6.45, 7) is 2.20. The Morgan fingerprint density at radius 3 is 2.71 bits per heavy atom. The van der Waals surface area contributed by atoms with Crippen molar-refractivity contribution in [2.24, 2.45) is 11.7 Å². The average Bonchev–Trinajstić information content (AvgIpc) is 3.19. The lowest BCUT2D eigenvalue weighted by Gasteiger charge is -2.29. The average molecular weight is 322 g/mol. The van der Waals surface area contributed by atoms with Crippen molar-refractivity contribution < 1.29 is 14.6 Å². The lowest BCUT2D eigenvalue weighted by atomic mass is 9.84. The van der Waals surface area contributed by atoms with Crippen LogP contribution in [0.4, 0.5) is 5.69 Å². The molecule has 1 saturated carbocycles. The summed E-state index contributed by atoms with van der Waals surface area (Å²) in [4.78, 5) is 13.0. The largest absolute Gasteiger partial charge is 0.455 e. The Morgan fingerprint density at radius 1 is 1.25 bits per heavy atom. The minimum absolute atomic E-state index is 0.257. The number of carbonyl (C=O) groups is 1. The van der Waals surface area contributed by atoms with Gasteiger partial charge in [-0.2, -0.15) is 0 Å². The highest BCUT2D eigenvalue weighted by molar-refractivity contribution is 6.13.